The van der Waals surface area contributed by atoms with Crippen LogP contribution in [0.25, 0.3) is 10.2 Å². The van der Waals surface area contributed by atoms with Gasteiger partial charge >= 0.3 is 0 Å². The van der Waals surface area contributed by atoms with Crippen LogP contribution >= 0.6 is 11.3 Å². The van der Waals surface area contributed by atoms with Crippen molar-refractivity contribution in [3.05, 3.63) is 119 Å². The SMILES string of the molecule is CC(C)c1cccc2sc(N(Cc3ccco3)C(=O)c3ccc(C(=O)c4ccccc4)cc3)nc12. The molecule has 0 unspecified atom stereocenters. The van der Waals surface area contributed by atoms with E-state index < -0.39 is 0 Å². The third kappa shape index (κ3) is 4.66. The first-order chi connectivity index (χ1) is 17.0. The van der Waals surface area contributed by atoms with Gasteiger partial charge in [0.15, 0.2) is 10.9 Å². The zero-order chi connectivity index (χ0) is 24.4. The smallest absolute Gasteiger partial charge is 0.260 e. The Morgan fingerprint density at radius 3 is 2.26 bits per heavy atom. The maximum atomic E-state index is 13.7. The molecule has 0 atom stereocenters. The quantitative estimate of drug-likeness (QED) is 0.233. The van der Waals surface area contributed by atoms with Crippen molar-refractivity contribution in [2.24, 2.45) is 0 Å². The van der Waals surface area contributed by atoms with Crippen molar-refractivity contribution in [1.29, 1.82) is 0 Å². The molecule has 3 aromatic carbocycles. The second kappa shape index (κ2) is 9.68. The van der Waals surface area contributed by atoms with Gasteiger partial charge in [0.2, 0.25) is 0 Å². The van der Waals surface area contributed by atoms with Crippen molar-refractivity contribution >= 4 is 38.4 Å². The summed E-state index contributed by atoms with van der Waals surface area (Å²) in [4.78, 5) is 33.0. The molecule has 0 radical (unpaired) electrons. The fourth-order valence-electron chi connectivity index (χ4n) is 4.00. The van der Waals surface area contributed by atoms with Gasteiger partial charge in [0.25, 0.3) is 5.91 Å². The second-order valence-corrected chi connectivity index (χ2v) is 9.60. The van der Waals surface area contributed by atoms with E-state index in [1.54, 1.807) is 53.6 Å². The third-order valence-electron chi connectivity index (χ3n) is 5.86. The molecule has 174 valence electrons. The number of thiazole rings is 1. The van der Waals surface area contributed by atoms with Gasteiger partial charge in [-0.15, -0.1) is 0 Å². The van der Waals surface area contributed by atoms with Gasteiger partial charge in [-0.1, -0.05) is 79.8 Å². The molecule has 0 aliphatic rings. The van der Waals surface area contributed by atoms with Crippen LogP contribution in [0.15, 0.2) is 95.6 Å². The van der Waals surface area contributed by atoms with E-state index in [1.807, 2.05) is 36.4 Å². The first-order valence-corrected chi connectivity index (χ1v) is 12.3. The number of hydrogen-bond donors (Lipinski definition) is 0. The lowest BCUT2D eigenvalue weighted by atomic mass is 10.0. The van der Waals surface area contributed by atoms with Crippen molar-refractivity contribution in [2.45, 2.75) is 26.3 Å². The summed E-state index contributed by atoms with van der Waals surface area (Å²) in [6, 6.07) is 25.7. The van der Waals surface area contributed by atoms with Crippen LogP contribution in [0.3, 0.4) is 0 Å². The van der Waals surface area contributed by atoms with Crippen LogP contribution in [0.1, 0.15) is 57.4 Å². The van der Waals surface area contributed by atoms with E-state index in [9.17, 15) is 9.59 Å². The van der Waals surface area contributed by atoms with Gasteiger partial charge < -0.3 is 4.42 Å². The maximum absolute atomic E-state index is 13.7. The molecule has 0 N–H and O–H groups in total. The minimum absolute atomic E-state index is 0.0792. The third-order valence-corrected chi connectivity index (χ3v) is 6.90. The monoisotopic (exact) mass is 480 g/mol. The minimum Gasteiger partial charge on any atom is -0.467 e. The summed E-state index contributed by atoms with van der Waals surface area (Å²) in [5.41, 5.74) is 3.69. The van der Waals surface area contributed by atoms with E-state index in [0.717, 1.165) is 15.8 Å². The lowest BCUT2D eigenvalue weighted by Gasteiger charge is -2.19. The number of carbonyl (C=O) groups is 2. The van der Waals surface area contributed by atoms with Crippen LogP contribution in [-0.4, -0.2) is 16.7 Å². The number of aromatic nitrogens is 1. The first kappa shape index (κ1) is 22.7. The van der Waals surface area contributed by atoms with Crippen LogP contribution in [0.5, 0.6) is 0 Å². The fraction of sp³-hybridized carbons (Fsp3) is 0.138. The lowest BCUT2D eigenvalue weighted by molar-refractivity contribution is 0.0981. The predicted molar refractivity (Wildman–Crippen MR) is 139 cm³/mol. The predicted octanol–water partition coefficient (Wildman–Crippen LogP) is 7.09. The summed E-state index contributed by atoms with van der Waals surface area (Å²) in [5.74, 6) is 0.699. The number of para-hydroxylation sites is 1. The second-order valence-electron chi connectivity index (χ2n) is 8.59. The summed E-state index contributed by atoms with van der Waals surface area (Å²) < 4.78 is 6.58. The fourth-order valence-corrected chi connectivity index (χ4v) is 5.00. The number of furan rings is 1. The molecule has 0 fully saturated rings. The largest absolute Gasteiger partial charge is 0.467 e. The molecule has 2 heterocycles. The van der Waals surface area contributed by atoms with E-state index in [4.69, 9.17) is 9.40 Å². The average molecular weight is 481 g/mol. The molecule has 0 saturated carbocycles. The number of fused-ring (bicyclic) bond motifs is 1. The Balaban J connectivity index is 1.49. The number of anilines is 1. The molecule has 6 heteroatoms. The molecule has 0 aliphatic carbocycles. The molecule has 0 bridgehead atoms. The van der Waals surface area contributed by atoms with Gasteiger partial charge in [-0.05, 0) is 41.8 Å². The molecule has 0 spiro atoms. The maximum Gasteiger partial charge on any atom is 0.260 e. The highest BCUT2D eigenvalue weighted by atomic mass is 32.1. The number of nitrogens with zero attached hydrogens (tertiary/aromatic N) is 2. The van der Waals surface area contributed by atoms with E-state index in [1.165, 1.54) is 11.3 Å². The topological polar surface area (TPSA) is 63.4 Å². The van der Waals surface area contributed by atoms with Crippen LogP contribution in [0.4, 0.5) is 5.13 Å². The average Bonchev–Trinajstić information content (AvgIpc) is 3.56. The van der Waals surface area contributed by atoms with Crippen LogP contribution in [-0.2, 0) is 6.54 Å². The van der Waals surface area contributed by atoms with E-state index in [0.29, 0.717) is 33.5 Å². The van der Waals surface area contributed by atoms with Crippen LogP contribution < -0.4 is 4.90 Å². The molecule has 0 aliphatic heterocycles. The molecule has 5 nitrogen and oxygen atoms in total. The Labute approximate surface area is 207 Å². The Kier molecular flexibility index (Phi) is 6.29. The molecule has 1 amide bonds. The van der Waals surface area contributed by atoms with Crippen molar-refractivity contribution < 1.29 is 14.0 Å². The molecule has 5 aromatic rings. The van der Waals surface area contributed by atoms with Gasteiger partial charge in [-0.2, -0.15) is 0 Å². The lowest BCUT2D eigenvalue weighted by Crippen LogP contribution is -2.30. The highest BCUT2D eigenvalue weighted by Crippen LogP contribution is 2.34. The number of benzene rings is 3. The highest BCUT2D eigenvalue weighted by Gasteiger charge is 2.24. The number of amides is 1. The van der Waals surface area contributed by atoms with Crippen molar-refractivity contribution in [3.8, 4) is 0 Å². The molecule has 0 saturated heterocycles. The number of rotatable bonds is 7. The zero-order valence-electron chi connectivity index (χ0n) is 19.5. The van der Waals surface area contributed by atoms with Crippen molar-refractivity contribution in [3.63, 3.8) is 0 Å². The Bertz CT molecular complexity index is 1470. The summed E-state index contributed by atoms with van der Waals surface area (Å²) in [6.45, 7) is 4.53. The van der Waals surface area contributed by atoms with E-state index in [-0.39, 0.29) is 18.2 Å². The Morgan fingerprint density at radius 1 is 0.857 bits per heavy atom. The number of carbonyl (C=O) groups excluding carboxylic acids is 2. The highest BCUT2D eigenvalue weighted by molar-refractivity contribution is 7.22. The summed E-state index contributed by atoms with van der Waals surface area (Å²) >= 11 is 1.49. The first-order valence-electron chi connectivity index (χ1n) is 11.4. The molecule has 2 aromatic heterocycles. The van der Waals surface area contributed by atoms with Gasteiger partial charge in [-0.3, -0.25) is 14.5 Å². The van der Waals surface area contributed by atoms with E-state index >= 15 is 0 Å². The Hall–Kier alpha value is -4.03. The molecule has 5 rings (SSSR count). The van der Waals surface area contributed by atoms with Gasteiger partial charge in [-0.25, -0.2) is 4.98 Å². The van der Waals surface area contributed by atoms with E-state index in [2.05, 4.69) is 19.9 Å². The van der Waals surface area contributed by atoms with Crippen LogP contribution in [0.2, 0.25) is 0 Å². The van der Waals surface area contributed by atoms with Gasteiger partial charge in [0, 0.05) is 16.7 Å². The van der Waals surface area contributed by atoms with Crippen molar-refractivity contribution in [2.75, 3.05) is 4.90 Å². The van der Waals surface area contributed by atoms with Gasteiger partial charge in [0.1, 0.15) is 5.76 Å². The van der Waals surface area contributed by atoms with Gasteiger partial charge in [0.05, 0.1) is 23.0 Å². The number of ketones is 1. The van der Waals surface area contributed by atoms with Crippen molar-refractivity contribution in [1.82, 2.24) is 4.98 Å². The van der Waals surface area contributed by atoms with Crippen LogP contribution in [0, 0.1) is 0 Å². The molecular weight excluding hydrogens is 456 g/mol. The minimum atomic E-state index is -0.203. The number of hydrogen-bond acceptors (Lipinski definition) is 5. The Morgan fingerprint density at radius 2 is 1.57 bits per heavy atom. The standard InChI is InChI=1S/C29H24N2O3S/c1-19(2)24-11-6-12-25-26(24)30-29(35-25)31(18-23-10-7-17-34-23)28(33)22-15-13-21(14-16-22)27(32)20-8-4-3-5-9-20/h3-17,19H,18H2,1-2H3. The zero-order valence-corrected chi connectivity index (χ0v) is 20.3. The molecular formula is C29H24N2O3S. The summed E-state index contributed by atoms with van der Waals surface area (Å²) in [7, 11) is 0. The molecule has 35 heavy (non-hydrogen) atoms. The summed E-state index contributed by atoms with van der Waals surface area (Å²) in [5, 5.41) is 0.610. The summed E-state index contributed by atoms with van der Waals surface area (Å²) in [6.07, 6.45) is 1.59. The normalized spacial score (nSPS) is 11.2.